The molecule has 82 valence electrons. The number of rotatable bonds is 1. The lowest BCUT2D eigenvalue weighted by molar-refractivity contribution is 0.356. The molecule has 1 aromatic rings. The molecule has 2 nitrogen and oxygen atoms in total. The first-order valence-corrected chi connectivity index (χ1v) is 5.57. The van der Waals surface area contributed by atoms with E-state index in [2.05, 4.69) is 17.2 Å². The number of hydrogen-bond donors (Lipinski definition) is 1. The zero-order valence-corrected chi connectivity index (χ0v) is 9.09. The van der Waals surface area contributed by atoms with Crippen LogP contribution in [0.2, 0.25) is 0 Å². The van der Waals surface area contributed by atoms with Crippen LogP contribution in [0.4, 0.5) is 4.39 Å². The summed E-state index contributed by atoms with van der Waals surface area (Å²) >= 11 is 0. The molecule has 3 heteroatoms. The molecule has 2 rings (SSSR count). The third-order valence-corrected chi connectivity index (χ3v) is 3.21. The molecule has 1 aliphatic rings. The van der Waals surface area contributed by atoms with Gasteiger partial charge in [0.1, 0.15) is 5.82 Å². The summed E-state index contributed by atoms with van der Waals surface area (Å²) in [6.45, 7) is 3.14. The third-order valence-electron chi connectivity index (χ3n) is 3.21. The van der Waals surface area contributed by atoms with Crippen LogP contribution in [-0.4, -0.2) is 11.5 Å². The van der Waals surface area contributed by atoms with Gasteiger partial charge in [0.05, 0.1) is 6.20 Å². The van der Waals surface area contributed by atoms with E-state index < -0.39 is 0 Å². The van der Waals surface area contributed by atoms with Gasteiger partial charge in [-0.15, -0.1) is 0 Å². The monoisotopic (exact) mass is 208 g/mol. The highest BCUT2D eigenvalue weighted by molar-refractivity contribution is 5.20. The van der Waals surface area contributed by atoms with E-state index in [1.54, 1.807) is 12.3 Å². The molecule has 1 saturated heterocycles. The summed E-state index contributed by atoms with van der Waals surface area (Å²) in [6, 6.07) is 1.59. The molecular formula is C12H17FN2. The maximum absolute atomic E-state index is 13.1. The molecule has 0 aliphatic carbocycles. The van der Waals surface area contributed by atoms with Gasteiger partial charge in [0.2, 0.25) is 0 Å². The molecule has 0 saturated carbocycles. The topological polar surface area (TPSA) is 24.9 Å². The second-order valence-electron chi connectivity index (χ2n) is 4.46. The Bertz CT molecular complexity index is 330. The van der Waals surface area contributed by atoms with Gasteiger partial charge in [-0.05, 0) is 37.9 Å². The molecule has 0 amide bonds. The Kier molecular flexibility index (Phi) is 3.00. The SMILES string of the molecule is CC1(c2cncc(F)c2)CCCCCN1. The number of nitrogens with zero attached hydrogens (tertiary/aromatic N) is 1. The van der Waals surface area contributed by atoms with E-state index >= 15 is 0 Å². The van der Waals surface area contributed by atoms with Gasteiger partial charge in [-0.25, -0.2) is 4.39 Å². The summed E-state index contributed by atoms with van der Waals surface area (Å²) in [7, 11) is 0. The highest BCUT2D eigenvalue weighted by Gasteiger charge is 2.27. The van der Waals surface area contributed by atoms with Gasteiger partial charge in [-0.2, -0.15) is 0 Å². The first-order chi connectivity index (χ1) is 7.21. The fraction of sp³-hybridized carbons (Fsp3) is 0.583. The maximum atomic E-state index is 13.1. The van der Waals surface area contributed by atoms with Crippen LogP contribution in [0.5, 0.6) is 0 Å². The molecule has 1 unspecified atom stereocenters. The van der Waals surface area contributed by atoms with Crippen LogP contribution in [0, 0.1) is 5.82 Å². The van der Waals surface area contributed by atoms with Crippen molar-refractivity contribution in [1.82, 2.24) is 10.3 Å². The van der Waals surface area contributed by atoms with Crippen molar-refractivity contribution in [3.63, 3.8) is 0 Å². The lowest BCUT2D eigenvalue weighted by Crippen LogP contribution is -2.38. The Morgan fingerprint density at radius 2 is 2.20 bits per heavy atom. The van der Waals surface area contributed by atoms with E-state index in [0.29, 0.717) is 0 Å². The fourth-order valence-corrected chi connectivity index (χ4v) is 2.19. The Morgan fingerprint density at radius 3 is 3.00 bits per heavy atom. The minimum atomic E-state index is -0.250. The lowest BCUT2D eigenvalue weighted by Gasteiger charge is -2.29. The summed E-state index contributed by atoms with van der Waals surface area (Å²) in [5, 5.41) is 3.49. The molecular weight excluding hydrogens is 191 g/mol. The highest BCUT2D eigenvalue weighted by atomic mass is 19.1. The maximum Gasteiger partial charge on any atom is 0.141 e. The minimum absolute atomic E-state index is 0.106. The molecule has 1 N–H and O–H groups in total. The van der Waals surface area contributed by atoms with Crippen LogP contribution in [0.3, 0.4) is 0 Å². The van der Waals surface area contributed by atoms with E-state index in [1.807, 2.05) is 0 Å². The molecule has 15 heavy (non-hydrogen) atoms. The van der Waals surface area contributed by atoms with E-state index in [9.17, 15) is 4.39 Å². The molecule has 2 heterocycles. The molecule has 0 radical (unpaired) electrons. The Labute approximate surface area is 89.9 Å². The van der Waals surface area contributed by atoms with Gasteiger partial charge in [0, 0.05) is 11.7 Å². The van der Waals surface area contributed by atoms with Crippen LogP contribution in [0.15, 0.2) is 18.5 Å². The van der Waals surface area contributed by atoms with E-state index in [0.717, 1.165) is 18.5 Å². The Balaban J connectivity index is 2.26. The van der Waals surface area contributed by atoms with Gasteiger partial charge in [-0.3, -0.25) is 4.98 Å². The van der Waals surface area contributed by atoms with Crippen molar-refractivity contribution in [1.29, 1.82) is 0 Å². The normalized spacial score (nSPS) is 27.3. The van der Waals surface area contributed by atoms with Gasteiger partial charge >= 0.3 is 0 Å². The summed E-state index contributed by atoms with van der Waals surface area (Å²) in [4.78, 5) is 3.92. The number of hydrogen-bond acceptors (Lipinski definition) is 2. The minimum Gasteiger partial charge on any atom is -0.308 e. The highest BCUT2D eigenvalue weighted by Crippen LogP contribution is 2.28. The third kappa shape index (κ3) is 2.34. The molecule has 0 spiro atoms. The van der Waals surface area contributed by atoms with E-state index in [-0.39, 0.29) is 11.4 Å². The average molecular weight is 208 g/mol. The van der Waals surface area contributed by atoms with Crippen molar-refractivity contribution in [3.05, 3.63) is 29.8 Å². The molecule has 0 aromatic carbocycles. The average Bonchev–Trinajstić information content (AvgIpc) is 2.44. The smallest absolute Gasteiger partial charge is 0.141 e. The van der Waals surface area contributed by atoms with Crippen molar-refractivity contribution in [3.8, 4) is 0 Å². The predicted molar refractivity (Wildman–Crippen MR) is 58.0 cm³/mol. The molecule has 0 bridgehead atoms. The van der Waals surface area contributed by atoms with Crippen LogP contribution >= 0.6 is 0 Å². The van der Waals surface area contributed by atoms with Crippen LogP contribution in [0.25, 0.3) is 0 Å². The number of aromatic nitrogens is 1. The van der Waals surface area contributed by atoms with Crippen molar-refractivity contribution in [2.45, 2.75) is 38.1 Å². The van der Waals surface area contributed by atoms with Gasteiger partial charge in [-0.1, -0.05) is 12.8 Å². The quantitative estimate of drug-likeness (QED) is 0.767. The Morgan fingerprint density at radius 1 is 1.33 bits per heavy atom. The first-order valence-electron chi connectivity index (χ1n) is 5.57. The second kappa shape index (κ2) is 4.27. The van der Waals surface area contributed by atoms with Gasteiger partial charge in [0.15, 0.2) is 0 Å². The second-order valence-corrected chi connectivity index (χ2v) is 4.46. The standard InChI is InChI=1S/C12H17FN2/c1-12(5-3-2-4-6-15-12)10-7-11(13)9-14-8-10/h7-9,15H,2-6H2,1H3. The Hall–Kier alpha value is -0.960. The van der Waals surface area contributed by atoms with Crippen molar-refractivity contribution < 1.29 is 4.39 Å². The van der Waals surface area contributed by atoms with Crippen LogP contribution in [0.1, 0.15) is 38.2 Å². The summed E-state index contributed by atoms with van der Waals surface area (Å²) in [6.07, 6.45) is 7.73. The molecule has 1 atom stereocenters. The summed E-state index contributed by atoms with van der Waals surface area (Å²) in [5.41, 5.74) is 0.857. The fourth-order valence-electron chi connectivity index (χ4n) is 2.19. The summed E-state index contributed by atoms with van der Waals surface area (Å²) in [5.74, 6) is -0.250. The van der Waals surface area contributed by atoms with Crippen LogP contribution < -0.4 is 5.32 Å². The van der Waals surface area contributed by atoms with Crippen molar-refractivity contribution in [2.75, 3.05) is 6.54 Å². The lowest BCUT2D eigenvalue weighted by atomic mass is 9.89. The van der Waals surface area contributed by atoms with E-state index in [4.69, 9.17) is 0 Å². The zero-order chi connectivity index (χ0) is 10.7. The predicted octanol–water partition coefficient (Wildman–Crippen LogP) is 2.60. The molecule has 1 fully saturated rings. The molecule has 1 aliphatic heterocycles. The number of halogens is 1. The van der Waals surface area contributed by atoms with Crippen molar-refractivity contribution >= 4 is 0 Å². The number of pyridine rings is 1. The first kappa shape index (κ1) is 10.6. The zero-order valence-electron chi connectivity index (χ0n) is 9.09. The van der Waals surface area contributed by atoms with Gasteiger partial charge < -0.3 is 5.32 Å². The van der Waals surface area contributed by atoms with Crippen molar-refractivity contribution in [2.24, 2.45) is 0 Å². The van der Waals surface area contributed by atoms with Gasteiger partial charge in [0.25, 0.3) is 0 Å². The summed E-state index contributed by atoms with van der Waals surface area (Å²) < 4.78 is 13.1. The van der Waals surface area contributed by atoms with E-state index in [1.165, 1.54) is 25.5 Å². The number of nitrogens with one attached hydrogen (secondary N) is 1. The van der Waals surface area contributed by atoms with Crippen LogP contribution in [-0.2, 0) is 5.54 Å². The molecule has 1 aromatic heterocycles. The largest absolute Gasteiger partial charge is 0.308 e.